The van der Waals surface area contributed by atoms with Gasteiger partial charge in [0.2, 0.25) is 0 Å². The minimum Gasteiger partial charge on any atom is -0.462 e. The Hall–Kier alpha value is -3.93. The molecule has 6 heteroatoms. The number of esters is 3. The second-order valence-corrected chi connectivity index (χ2v) is 19.5. The molecule has 0 saturated heterocycles. The summed E-state index contributed by atoms with van der Waals surface area (Å²) < 4.78 is 16.8. The van der Waals surface area contributed by atoms with Gasteiger partial charge in [-0.15, -0.1) is 0 Å². The van der Waals surface area contributed by atoms with Crippen LogP contribution in [0.4, 0.5) is 0 Å². The van der Waals surface area contributed by atoms with Crippen molar-refractivity contribution in [2.75, 3.05) is 13.2 Å². The van der Waals surface area contributed by atoms with Crippen molar-refractivity contribution in [3.63, 3.8) is 0 Å². The van der Waals surface area contributed by atoms with Gasteiger partial charge in [0, 0.05) is 19.3 Å². The molecule has 0 aromatic rings. The van der Waals surface area contributed by atoms with E-state index < -0.39 is 6.10 Å². The highest BCUT2D eigenvalue weighted by molar-refractivity contribution is 5.71. The fourth-order valence-electron chi connectivity index (χ4n) is 8.11. The molecule has 0 aliphatic carbocycles. The van der Waals surface area contributed by atoms with E-state index in [1.54, 1.807) is 0 Å². The number of allylic oxidation sites excluding steroid dienone is 18. The molecule has 0 aromatic carbocycles. The Morgan fingerprint density at radius 1 is 0.292 bits per heavy atom. The molecule has 0 aliphatic rings. The maximum absolute atomic E-state index is 12.8. The van der Waals surface area contributed by atoms with Gasteiger partial charge >= 0.3 is 17.9 Å². The standard InChI is InChI=1S/C66H110O6/c1-4-7-10-13-16-19-22-25-27-28-29-30-31-32-33-34-35-36-37-38-40-41-44-47-50-53-56-59-65(68)71-62-63(61-70-64(67)58-55-52-49-46-43-24-21-18-15-12-9-6-3)72-66(69)60-57-54-51-48-45-42-39-26-23-20-17-14-11-8-5-2/h7-8,10-11,16-17,19-20,25-27,29-30,32-33,39,45,48,63H,4-6,9,12-15,18,21-24,28,31,34-38,40-44,46-47,49-62H2,1-3H3/b10-7-,11-8-,19-16-,20-17-,27-25-,30-29-,33-32-,39-26-,48-45-. The summed E-state index contributed by atoms with van der Waals surface area (Å²) in [5, 5.41) is 0. The van der Waals surface area contributed by atoms with Gasteiger partial charge in [0.25, 0.3) is 0 Å². The zero-order valence-electron chi connectivity index (χ0n) is 46.9. The molecule has 0 fully saturated rings. The van der Waals surface area contributed by atoms with Gasteiger partial charge in [0.15, 0.2) is 6.10 Å². The summed E-state index contributed by atoms with van der Waals surface area (Å²) in [6.07, 6.45) is 80.9. The highest BCUT2D eigenvalue weighted by atomic mass is 16.6. The fraction of sp³-hybridized carbons (Fsp3) is 0.682. The van der Waals surface area contributed by atoms with Crippen LogP contribution >= 0.6 is 0 Å². The van der Waals surface area contributed by atoms with Crippen LogP contribution in [-0.2, 0) is 28.6 Å². The Morgan fingerprint density at radius 3 is 0.875 bits per heavy atom. The van der Waals surface area contributed by atoms with Crippen LogP contribution in [0.25, 0.3) is 0 Å². The number of carbonyl (C=O) groups is 3. The zero-order chi connectivity index (χ0) is 52.2. The van der Waals surface area contributed by atoms with E-state index in [1.165, 1.54) is 116 Å². The molecular formula is C66H110O6. The lowest BCUT2D eigenvalue weighted by Crippen LogP contribution is -2.30. The van der Waals surface area contributed by atoms with E-state index in [0.717, 1.165) is 109 Å². The van der Waals surface area contributed by atoms with Gasteiger partial charge in [0.05, 0.1) is 0 Å². The Bertz CT molecular complexity index is 1470. The molecule has 1 unspecified atom stereocenters. The van der Waals surface area contributed by atoms with Gasteiger partial charge in [-0.2, -0.15) is 0 Å². The number of carbonyl (C=O) groups excluding carboxylic acids is 3. The van der Waals surface area contributed by atoms with E-state index in [1.807, 2.05) is 0 Å². The number of ether oxygens (including phenoxy) is 3. The Morgan fingerprint density at radius 2 is 0.542 bits per heavy atom. The molecule has 0 heterocycles. The van der Waals surface area contributed by atoms with Crippen molar-refractivity contribution >= 4 is 17.9 Å². The Labute approximate surface area is 444 Å². The molecule has 0 aromatic heterocycles. The van der Waals surface area contributed by atoms with Crippen molar-refractivity contribution in [2.24, 2.45) is 0 Å². The monoisotopic (exact) mass is 999 g/mol. The molecule has 0 bridgehead atoms. The predicted molar refractivity (Wildman–Crippen MR) is 311 cm³/mol. The molecule has 72 heavy (non-hydrogen) atoms. The number of rotatable bonds is 53. The number of hydrogen-bond acceptors (Lipinski definition) is 6. The smallest absolute Gasteiger partial charge is 0.306 e. The van der Waals surface area contributed by atoms with E-state index in [9.17, 15) is 14.4 Å². The van der Waals surface area contributed by atoms with Crippen molar-refractivity contribution in [1.82, 2.24) is 0 Å². The quantitative estimate of drug-likeness (QED) is 0.0261. The molecular weight excluding hydrogens is 889 g/mol. The Kier molecular flexibility index (Phi) is 56.4. The number of hydrogen-bond donors (Lipinski definition) is 0. The lowest BCUT2D eigenvalue weighted by Gasteiger charge is -2.18. The van der Waals surface area contributed by atoms with Crippen LogP contribution in [0.1, 0.15) is 271 Å². The second-order valence-electron chi connectivity index (χ2n) is 19.5. The largest absolute Gasteiger partial charge is 0.462 e. The van der Waals surface area contributed by atoms with Gasteiger partial charge in [-0.3, -0.25) is 14.4 Å². The predicted octanol–water partition coefficient (Wildman–Crippen LogP) is 20.3. The Balaban J connectivity index is 4.31. The third-order valence-corrected chi connectivity index (χ3v) is 12.5. The molecule has 410 valence electrons. The molecule has 0 N–H and O–H groups in total. The molecule has 1 atom stereocenters. The van der Waals surface area contributed by atoms with Crippen LogP contribution in [0.5, 0.6) is 0 Å². The third-order valence-electron chi connectivity index (χ3n) is 12.5. The van der Waals surface area contributed by atoms with Crippen molar-refractivity contribution in [3.8, 4) is 0 Å². The normalized spacial score (nSPS) is 12.9. The van der Waals surface area contributed by atoms with E-state index in [2.05, 4.69) is 130 Å². The first kappa shape index (κ1) is 68.1. The summed E-state index contributed by atoms with van der Waals surface area (Å²) in [7, 11) is 0. The highest BCUT2D eigenvalue weighted by Gasteiger charge is 2.19. The van der Waals surface area contributed by atoms with Crippen molar-refractivity contribution < 1.29 is 28.6 Å². The van der Waals surface area contributed by atoms with Crippen LogP contribution in [0, 0.1) is 0 Å². The molecule has 0 radical (unpaired) electrons. The zero-order valence-corrected chi connectivity index (χ0v) is 46.9. The van der Waals surface area contributed by atoms with E-state index in [4.69, 9.17) is 14.2 Å². The topological polar surface area (TPSA) is 78.9 Å². The molecule has 6 nitrogen and oxygen atoms in total. The van der Waals surface area contributed by atoms with Gasteiger partial charge in [0.1, 0.15) is 13.2 Å². The summed E-state index contributed by atoms with van der Waals surface area (Å²) in [6, 6.07) is 0. The maximum atomic E-state index is 12.8. The van der Waals surface area contributed by atoms with Gasteiger partial charge < -0.3 is 14.2 Å². The number of unbranched alkanes of at least 4 members (excludes halogenated alkanes) is 24. The summed E-state index contributed by atoms with van der Waals surface area (Å²) in [6.45, 7) is 6.38. The molecule has 0 amide bonds. The van der Waals surface area contributed by atoms with Gasteiger partial charge in [-0.1, -0.05) is 259 Å². The SMILES string of the molecule is CC/C=C\C/C=C\C/C=C\C/C=C\C/C=C\CCCCCCCCCCCCCC(=O)OCC(COC(=O)CCCCCCCCCCCCCC)OC(=O)CCCC/C=C\C/C=C\C/C=C\C/C=C\CC. The summed E-state index contributed by atoms with van der Waals surface area (Å²) >= 11 is 0. The van der Waals surface area contributed by atoms with E-state index in [-0.39, 0.29) is 37.5 Å². The molecule has 0 aliphatic heterocycles. The molecule has 0 rings (SSSR count). The van der Waals surface area contributed by atoms with Crippen LogP contribution < -0.4 is 0 Å². The average molecular weight is 1000 g/mol. The molecule has 0 saturated carbocycles. The lowest BCUT2D eigenvalue weighted by molar-refractivity contribution is -0.167. The van der Waals surface area contributed by atoms with Crippen molar-refractivity contribution in [2.45, 2.75) is 277 Å². The fourth-order valence-corrected chi connectivity index (χ4v) is 8.11. The lowest BCUT2D eigenvalue weighted by atomic mass is 10.0. The third kappa shape index (κ3) is 57.0. The van der Waals surface area contributed by atoms with Crippen LogP contribution in [-0.4, -0.2) is 37.2 Å². The summed E-state index contributed by atoms with van der Waals surface area (Å²) in [5.41, 5.74) is 0. The van der Waals surface area contributed by atoms with Crippen molar-refractivity contribution in [1.29, 1.82) is 0 Å². The first-order chi connectivity index (χ1) is 35.5. The van der Waals surface area contributed by atoms with Crippen LogP contribution in [0.3, 0.4) is 0 Å². The second kappa shape index (κ2) is 59.6. The summed E-state index contributed by atoms with van der Waals surface area (Å²) in [4.78, 5) is 38.1. The first-order valence-electron chi connectivity index (χ1n) is 29.9. The van der Waals surface area contributed by atoms with Gasteiger partial charge in [-0.25, -0.2) is 0 Å². The van der Waals surface area contributed by atoms with E-state index in [0.29, 0.717) is 19.3 Å². The first-order valence-corrected chi connectivity index (χ1v) is 29.9. The van der Waals surface area contributed by atoms with Gasteiger partial charge in [-0.05, 0) is 103 Å². The van der Waals surface area contributed by atoms with Crippen molar-refractivity contribution in [3.05, 3.63) is 109 Å². The summed E-state index contributed by atoms with van der Waals surface area (Å²) in [5.74, 6) is -0.936. The van der Waals surface area contributed by atoms with Crippen LogP contribution in [0.2, 0.25) is 0 Å². The minimum atomic E-state index is -0.800. The maximum Gasteiger partial charge on any atom is 0.306 e. The average Bonchev–Trinajstić information content (AvgIpc) is 3.38. The minimum absolute atomic E-state index is 0.0941. The highest BCUT2D eigenvalue weighted by Crippen LogP contribution is 2.15. The van der Waals surface area contributed by atoms with E-state index >= 15 is 0 Å². The molecule has 0 spiro atoms. The van der Waals surface area contributed by atoms with Crippen LogP contribution in [0.15, 0.2) is 109 Å².